The number of alkyl halides is 3. The maximum atomic E-state index is 12.5. The fourth-order valence-corrected chi connectivity index (χ4v) is 2.88. The highest BCUT2D eigenvalue weighted by molar-refractivity contribution is 4.97. The zero-order valence-electron chi connectivity index (χ0n) is 13.7. The van der Waals surface area contributed by atoms with Crippen molar-refractivity contribution in [3.05, 3.63) is 40.0 Å². The van der Waals surface area contributed by atoms with Gasteiger partial charge in [0, 0.05) is 12.6 Å². The van der Waals surface area contributed by atoms with Gasteiger partial charge in [0.15, 0.2) is 0 Å². The van der Waals surface area contributed by atoms with Crippen LogP contribution in [-0.2, 0) is 19.3 Å². The molecule has 1 aliphatic heterocycles. The van der Waals surface area contributed by atoms with Gasteiger partial charge in [0.05, 0.1) is 12.2 Å². The Morgan fingerprint density at radius 1 is 1.24 bits per heavy atom. The zero-order chi connectivity index (χ0) is 18.0. The number of nitrogens with zero attached hydrogens (tertiary/aromatic N) is 5. The normalized spacial score (nSPS) is 17.1. The van der Waals surface area contributed by atoms with E-state index >= 15 is 0 Å². The van der Waals surface area contributed by atoms with E-state index in [2.05, 4.69) is 19.7 Å². The summed E-state index contributed by atoms with van der Waals surface area (Å²) in [5.41, 5.74) is 0.660. The summed E-state index contributed by atoms with van der Waals surface area (Å²) in [6.07, 6.45) is -2.98. The van der Waals surface area contributed by atoms with Crippen molar-refractivity contribution >= 4 is 0 Å². The smallest absolute Gasteiger partial charge is 0.416 e. The van der Waals surface area contributed by atoms with Crippen molar-refractivity contribution in [2.45, 2.75) is 39.0 Å². The molecule has 1 fully saturated rings. The topological polar surface area (TPSA) is 77.0 Å². The Kier molecular flexibility index (Phi) is 4.89. The lowest BCUT2D eigenvalue weighted by atomic mass is 9.97. The quantitative estimate of drug-likeness (QED) is 0.831. The van der Waals surface area contributed by atoms with E-state index < -0.39 is 12.1 Å². The maximum absolute atomic E-state index is 12.5. The van der Waals surface area contributed by atoms with E-state index in [4.69, 9.17) is 0 Å². The summed E-state index contributed by atoms with van der Waals surface area (Å²) in [5.74, 6) is -1.05. The fourth-order valence-electron chi connectivity index (χ4n) is 2.88. The predicted octanol–water partition coefficient (Wildman–Crippen LogP) is 1.87. The van der Waals surface area contributed by atoms with Crippen LogP contribution >= 0.6 is 0 Å². The summed E-state index contributed by atoms with van der Waals surface area (Å²) in [7, 11) is 0. The second kappa shape index (κ2) is 6.95. The number of likely N-dealkylation sites (tertiary alicyclic amines) is 1. The van der Waals surface area contributed by atoms with Crippen molar-refractivity contribution in [3.63, 3.8) is 0 Å². The van der Waals surface area contributed by atoms with Crippen LogP contribution in [0.25, 0.3) is 0 Å². The summed E-state index contributed by atoms with van der Waals surface area (Å²) in [6, 6.07) is 3.19. The summed E-state index contributed by atoms with van der Waals surface area (Å²) >= 11 is 0. The molecule has 1 aliphatic rings. The predicted molar refractivity (Wildman–Crippen MR) is 80.5 cm³/mol. The van der Waals surface area contributed by atoms with Crippen molar-refractivity contribution in [1.29, 1.82) is 0 Å². The third-order valence-corrected chi connectivity index (χ3v) is 4.21. The molecule has 2 aromatic heterocycles. The fraction of sp³-hybridized carbons (Fsp3) is 0.600. The molecule has 0 aliphatic carbocycles. The number of aryl methyl sites for hydroxylation is 1. The molecule has 0 spiro atoms. The number of hydrogen-bond donors (Lipinski definition) is 0. The molecule has 0 saturated carbocycles. The number of rotatable bonds is 4. The molecule has 0 unspecified atom stereocenters. The molecule has 0 radical (unpaired) electrons. The summed E-state index contributed by atoms with van der Waals surface area (Å²) in [5, 5.41) is 10.7. The highest BCUT2D eigenvalue weighted by Gasteiger charge is 2.38. The van der Waals surface area contributed by atoms with Gasteiger partial charge in [-0.1, -0.05) is 0 Å². The van der Waals surface area contributed by atoms with Gasteiger partial charge in [0.2, 0.25) is 5.89 Å². The van der Waals surface area contributed by atoms with Crippen LogP contribution in [0, 0.1) is 12.8 Å². The lowest BCUT2D eigenvalue weighted by Gasteiger charge is -2.30. The minimum atomic E-state index is -4.62. The van der Waals surface area contributed by atoms with Gasteiger partial charge >= 0.3 is 12.1 Å². The van der Waals surface area contributed by atoms with Crippen molar-refractivity contribution in [2.24, 2.45) is 5.92 Å². The first-order valence-corrected chi connectivity index (χ1v) is 7.98. The van der Waals surface area contributed by atoms with Gasteiger partial charge in [-0.25, -0.2) is 4.68 Å². The average Bonchev–Trinajstić information content (AvgIpc) is 3.02. The van der Waals surface area contributed by atoms with E-state index in [-0.39, 0.29) is 18.0 Å². The Labute approximate surface area is 141 Å². The lowest BCUT2D eigenvalue weighted by molar-refractivity contribution is -0.157. The van der Waals surface area contributed by atoms with Gasteiger partial charge in [-0.3, -0.25) is 9.69 Å². The molecule has 1 saturated heterocycles. The molecular weight excluding hydrogens is 339 g/mol. The molecule has 3 heterocycles. The average molecular weight is 357 g/mol. The highest BCUT2D eigenvalue weighted by atomic mass is 19.4. The van der Waals surface area contributed by atoms with Crippen LogP contribution in [0.2, 0.25) is 0 Å². The Morgan fingerprint density at radius 2 is 1.96 bits per heavy atom. The number of piperidine rings is 1. The first-order chi connectivity index (χ1) is 11.8. The molecule has 10 heteroatoms. The molecular formula is C15H18F3N5O2. The molecule has 0 amide bonds. The Bertz CT molecular complexity index is 778. The molecule has 2 aromatic rings. The molecule has 0 N–H and O–H groups in total. The number of aromatic nitrogens is 4. The van der Waals surface area contributed by atoms with Crippen LogP contribution in [0.5, 0.6) is 0 Å². The molecule has 7 nitrogen and oxygen atoms in total. The standard InChI is InChI=1S/C15H18F3N5O2/c1-10-2-3-13(24)23(21-10)8-11-4-6-22(7-5-11)9-12-19-20-14(25-12)15(16,17)18/h2-3,11H,4-9H2,1H3. The first-order valence-electron chi connectivity index (χ1n) is 7.98. The van der Waals surface area contributed by atoms with Crippen molar-refractivity contribution in [2.75, 3.05) is 13.1 Å². The summed E-state index contributed by atoms with van der Waals surface area (Å²) in [6.45, 7) is 3.95. The van der Waals surface area contributed by atoms with Gasteiger partial charge in [0.1, 0.15) is 0 Å². The van der Waals surface area contributed by atoms with Crippen LogP contribution in [0.3, 0.4) is 0 Å². The van der Waals surface area contributed by atoms with E-state index in [9.17, 15) is 18.0 Å². The van der Waals surface area contributed by atoms with Crippen molar-refractivity contribution < 1.29 is 17.6 Å². The van der Waals surface area contributed by atoms with Gasteiger partial charge in [-0.15, -0.1) is 10.2 Å². The molecule has 3 rings (SSSR count). The number of halogens is 3. The van der Waals surface area contributed by atoms with Crippen molar-refractivity contribution in [3.8, 4) is 0 Å². The Morgan fingerprint density at radius 3 is 2.60 bits per heavy atom. The van der Waals surface area contributed by atoms with E-state index in [0.717, 1.165) is 18.5 Å². The Hall–Kier alpha value is -2.23. The summed E-state index contributed by atoms with van der Waals surface area (Å²) < 4.78 is 43.5. The molecule has 136 valence electrons. The molecule has 0 aromatic carbocycles. The highest BCUT2D eigenvalue weighted by Crippen LogP contribution is 2.28. The van der Waals surface area contributed by atoms with Gasteiger partial charge in [-0.2, -0.15) is 18.3 Å². The van der Waals surface area contributed by atoms with Gasteiger partial charge in [0.25, 0.3) is 5.56 Å². The summed E-state index contributed by atoms with van der Waals surface area (Å²) in [4.78, 5) is 13.8. The van der Waals surface area contributed by atoms with Gasteiger partial charge in [-0.05, 0) is 44.8 Å². The lowest BCUT2D eigenvalue weighted by Crippen LogP contribution is -2.36. The van der Waals surface area contributed by atoms with E-state index in [1.54, 1.807) is 6.07 Å². The van der Waals surface area contributed by atoms with E-state index in [1.807, 2.05) is 11.8 Å². The second-order valence-electron chi connectivity index (χ2n) is 6.21. The third-order valence-electron chi connectivity index (χ3n) is 4.21. The Balaban J connectivity index is 1.53. The largest absolute Gasteiger partial charge is 0.470 e. The molecule has 0 bridgehead atoms. The third kappa shape index (κ3) is 4.44. The van der Waals surface area contributed by atoms with Crippen LogP contribution in [0.4, 0.5) is 13.2 Å². The SMILES string of the molecule is Cc1ccc(=O)n(CC2CCN(Cc3nnc(C(F)(F)F)o3)CC2)n1. The maximum Gasteiger partial charge on any atom is 0.470 e. The van der Waals surface area contributed by atoms with E-state index in [1.165, 1.54) is 10.7 Å². The first kappa shape index (κ1) is 17.6. The minimum Gasteiger partial charge on any atom is -0.416 e. The second-order valence-corrected chi connectivity index (χ2v) is 6.21. The zero-order valence-corrected chi connectivity index (χ0v) is 13.7. The van der Waals surface area contributed by atoms with Crippen LogP contribution < -0.4 is 5.56 Å². The van der Waals surface area contributed by atoms with Crippen molar-refractivity contribution in [1.82, 2.24) is 24.9 Å². The van der Waals surface area contributed by atoms with Crippen LogP contribution in [0.1, 0.15) is 30.3 Å². The number of hydrogen-bond acceptors (Lipinski definition) is 6. The van der Waals surface area contributed by atoms with Crippen LogP contribution in [-0.4, -0.2) is 38.0 Å². The van der Waals surface area contributed by atoms with Gasteiger partial charge < -0.3 is 4.42 Å². The molecule has 0 atom stereocenters. The molecule has 25 heavy (non-hydrogen) atoms. The minimum absolute atomic E-state index is 0.0395. The van der Waals surface area contributed by atoms with E-state index in [0.29, 0.717) is 25.6 Å². The monoisotopic (exact) mass is 357 g/mol. The van der Waals surface area contributed by atoms with Crippen LogP contribution in [0.15, 0.2) is 21.3 Å².